The van der Waals surface area contributed by atoms with Crippen LogP contribution in [-0.4, -0.2) is 76.5 Å². The Morgan fingerprint density at radius 3 is 2.65 bits per heavy atom. The molecule has 2 N–H and O–H groups in total. The highest BCUT2D eigenvalue weighted by Gasteiger charge is 2.44. The van der Waals surface area contributed by atoms with E-state index < -0.39 is 11.6 Å². The Bertz CT molecular complexity index is 1720. The number of aliphatic hydroxyl groups is 1. The Kier molecular flexibility index (Phi) is 6.89. The summed E-state index contributed by atoms with van der Waals surface area (Å²) in [5.41, 5.74) is 0.797. The third-order valence-electron chi connectivity index (χ3n) is 9.51. The molecular weight excluding hydrogens is 552 g/mol. The van der Waals surface area contributed by atoms with Crippen LogP contribution in [0, 0.1) is 28.9 Å². The van der Waals surface area contributed by atoms with Crippen LogP contribution in [0.2, 0.25) is 0 Å². The SMILES string of the molecule is CCc1c(F)ccc2cc(O)cc(-c3ncc4c(N5C[C@@H]6C[C@H](C5)[C@H](O)C6)nc(OCC5(CN(C)C)CC5)nc4c3F)c12. The molecule has 10 heteroatoms. The second kappa shape index (κ2) is 10.5. The molecule has 3 aliphatic rings. The molecule has 4 aromatic rings. The summed E-state index contributed by atoms with van der Waals surface area (Å²) >= 11 is 0. The summed E-state index contributed by atoms with van der Waals surface area (Å²) in [6.07, 6.45) is 5.40. The van der Waals surface area contributed by atoms with Crippen LogP contribution in [-0.2, 0) is 6.42 Å². The first-order valence-electron chi connectivity index (χ1n) is 15.2. The fourth-order valence-corrected chi connectivity index (χ4v) is 7.36. The number of hydrogen-bond acceptors (Lipinski definition) is 8. The van der Waals surface area contributed by atoms with Gasteiger partial charge < -0.3 is 24.7 Å². The van der Waals surface area contributed by atoms with Crippen molar-refractivity contribution in [1.82, 2.24) is 19.9 Å². The molecule has 2 aliphatic carbocycles. The number of rotatable bonds is 8. The van der Waals surface area contributed by atoms with Crippen LogP contribution in [0.15, 0.2) is 30.5 Å². The first-order chi connectivity index (χ1) is 20.6. The van der Waals surface area contributed by atoms with Crippen LogP contribution < -0.4 is 9.64 Å². The molecule has 0 radical (unpaired) electrons. The van der Waals surface area contributed by atoms with Gasteiger partial charge in [-0.05, 0) is 86.7 Å². The molecule has 3 atom stereocenters. The van der Waals surface area contributed by atoms with Crippen molar-refractivity contribution in [3.63, 3.8) is 0 Å². The number of ether oxygens (including phenoxy) is 1. The number of hydrogen-bond donors (Lipinski definition) is 2. The van der Waals surface area contributed by atoms with Crippen LogP contribution in [0.3, 0.4) is 0 Å². The van der Waals surface area contributed by atoms with Crippen LogP contribution >= 0.6 is 0 Å². The van der Waals surface area contributed by atoms with Crippen molar-refractivity contribution in [3.05, 3.63) is 47.7 Å². The minimum atomic E-state index is -0.682. The predicted octanol–water partition coefficient (Wildman–Crippen LogP) is 5.32. The maximum Gasteiger partial charge on any atom is 0.319 e. The van der Waals surface area contributed by atoms with E-state index in [1.54, 1.807) is 18.3 Å². The van der Waals surface area contributed by atoms with Crippen molar-refractivity contribution in [1.29, 1.82) is 0 Å². The second-order valence-electron chi connectivity index (χ2n) is 13.1. The molecule has 43 heavy (non-hydrogen) atoms. The summed E-state index contributed by atoms with van der Waals surface area (Å²) in [5, 5.41) is 22.7. The summed E-state index contributed by atoms with van der Waals surface area (Å²) < 4.78 is 37.8. The number of aryl methyl sites for hydroxylation is 1. The van der Waals surface area contributed by atoms with Crippen molar-refractivity contribution < 1.29 is 23.7 Å². The molecule has 2 aromatic carbocycles. The minimum Gasteiger partial charge on any atom is -0.508 e. The lowest BCUT2D eigenvalue weighted by atomic mass is 9.94. The number of aromatic hydroxyl groups is 1. The first-order valence-corrected chi connectivity index (χ1v) is 15.2. The van der Waals surface area contributed by atoms with Gasteiger partial charge in [0.1, 0.15) is 28.6 Å². The van der Waals surface area contributed by atoms with Gasteiger partial charge in [-0.2, -0.15) is 9.97 Å². The van der Waals surface area contributed by atoms with Gasteiger partial charge in [0.15, 0.2) is 5.82 Å². The van der Waals surface area contributed by atoms with Crippen molar-refractivity contribution in [3.8, 4) is 23.0 Å². The smallest absolute Gasteiger partial charge is 0.319 e. The number of nitrogens with zero attached hydrogens (tertiary/aromatic N) is 5. The Morgan fingerprint density at radius 1 is 1.12 bits per heavy atom. The Labute approximate surface area is 249 Å². The normalized spacial score (nSPS) is 22.6. The quantitative estimate of drug-likeness (QED) is 0.285. The first kappa shape index (κ1) is 28.2. The highest BCUT2D eigenvalue weighted by molar-refractivity contribution is 6.01. The third kappa shape index (κ3) is 5.04. The summed E-state index contributed by atoms with van der Waals surface area (Å²) in [6, 6.07) is 6.02. The number of aromatic nitrogens is 3. The van der Waals surface area contributed by atoms with Crippen molar-refractivity contribution in [2.24, 2.45) is 17.3 Å². The lowest BCUT2D eigenvalue weighted by Gasteiger charge is -2.33. The highest BCUT2D eigenvalue weighted by Crippen LogP contribution is 2.47. The number of aliphatic hydroxyl groups excluding tert-OH is 1. The molecular formula is C33H37F2N5O3. The molecule has 8 nitrogen and oxygen atoms in total. The number of phenolic OH excluding ortho intramolecular Hbond substituents is 1. The number of benzene rings is 2. The molecule has 0 spiro atoms. The van der Waals surface area contributed by atoms with E-state index in [-0.39, 0.29) is 40.4 Å². The fourth-order valence-electron chi connectivity index (χ4n) is 7.36. The van der Waals surface area contributed by atoms with E-state index in [0.29, 0.717) is 65.1 Å². The van der Waals surface area contributed by atoms with Gasteiger partial charge in [0.25, 0.3) is 0 Å². The monoisotopic (exact) mass is 589 g/mol. The van der Waals surface area contributed by atoms with E-state index in [4.69, 9.17) is 9.72 Å². The lowest BCUT2D eigenvalue weighted by molar-refractivity contribution is 0.137. The molecule has 3 fully saturated rings. The number of pyridine rings is 1. The third-order valence-corrected chi connectivity index (χ3v) is 9.51. The molecule has 2 saturated carbocycles. The number of piperidine rings is 1. The van der Waals surface area contributed by atoms with E-state index in [1.807, 2.05) is 21.0 Å². The summed E-state index contributed by atoms with van der Waals surface area (Å²) in [7, 11) is 4.07. The van der Waals surface area contributed by atoms with Gasteiger partial charge in [-0.1, -0.05) is 13.0 Å². The van der Waals surface area contributed by atoms with Crippen LogP contribution in [0.25, 0.3) is 32.9 Å². The maximum absolute atomic E-state index is 16.7. The largest absolute Gasteiger partial charge is 0.508 e. The van der Waals surface area contributed by atoms with Crippen molar-refractivity contribution in [2.75, 3.05) is 45.2 Å². The average molecular weight is 590 g/mol. The summed E-state index contributed by atoms with van der Waals surface area (Å²) in [5.74, 6) is -0.143. The van der Waals surface area contributed by atoms with Gasteiger partial charge in [0.05, 0.1) is 18.1 Å². The molecule has 2 aromatic heterocycles. The highest BCUT2D eigenvalue weighted by atomic mass is 19.1. The molecule has 0 amide bonds. The molecule has 7 rings (SSSR count). The standard InChI is InChI=1S/C33H37F2N5O3/c1-4-22-25(34)6-5-19-11-21(41)12-23(27(19)22)29-28(35)30-24(13-36-29)31(40-14-18-9-20(15-40)26(42)10-18)38-32(37-30)43-17-33(7-8-33)16-39(2)3/h5-6,11-13,18,20,26,41-42H,4,7-10,14-17H2,1-3H3/t18-,20-,26-/m1/s1. The molecule has 1 aliphatic heterocycles. The molecule has 0 unspecified atom stereocenters. The van der Waals surface area contributed by atoms with Gasteiger partial charge in [-0.3, -0.25) is 4.98 Å². The van der Waals surface area contributed by atoms with Crippen LogP contribution in [0.4, 0.5) is 14.6 Å². The number of anilines is 1. The van der Waals surface area contributed by atoms with Crippen LogP contribution in [0.5, 0.6) is 11.8 Å². The lowest BCUT2D eigenvalue weighted by Crippen LogP contribution is -2.38. The summed E-state index contributed by atoms with van der Waals surface area (Å²) in [6.45, 7) is 4.45. The van der Waals surface area contributed by atoms with Gasteiger partial charge in [-0.15, -0.1) is 0 Å². The van der Waals surface area contributed by atoms with E-state index in [0.717, 1.165) is 32.2 Å². The number of halogens is 2. The zero-order chi connectivity index (χ0) is 30.0. The van der Waals surface area contributed by atoms with Gasteiger partial charge >= 0.3 is 6.01 Å². The zero-order valence-corrected chi connectivity index (χ0v) is 24.8. The van der Waals surface area contributed by atoms with E-state index in [9.17, 15) is 14.6 Å². The van der Waals surface area contributed by atoms with Crippen molar-refractivity contribution in [2.45, 2.75) is 45.1 Å². The van der Waals surface area contributed by atoms with E-state index in [2.05, 4.69) is 19.8 Å². The van der Waals surface area contributed by atoms with Gasteiger partial charge in [0.2, 0.25) is 0 Å². The van der Waals surface area contributed by atoms with Crippen molar-refractivity contribution >= 4 is 27.5 Å². The molecule has 1 saturated heterocycles. The topological polar surface area (TPSA) is 94.8 Å². The molecule has 226 valence electrons. The predicted molar refractivity (Wildman–Crippen MR) is 161 cm³/mol. The minimum absolute atomic E-state index is 0.0234. The van der Waals surface area contributed by atoms with E-state index >= 15 is 4.39 Å². The molecule has 2 bridgehead atoms. The Hall–Kier alpha value is -3.63. The zero-order valence-electron chi connectivity index (χ0n) is 24.8. The maximum atomic E-state index is 16.7. The van der Waals surface area contributed by atoms with Gasteiger partial charge in [-0.25, -0.2) is 8.78 Å². The van der Waals surface area contributed by atoms with E-state index in [1.165, 1.54) is 12.1 Å². The average Bonchev–Trinajstić information content (AvgIpc) is 3.68. The Balaban J connectivity index is 1.37. The Morgan fingerprint density at radius 2 is 1.93 bits per heavy atom. The summed E-state index contributed by atoms with van der Waals surface area (Å²) in [4.78, 5) is 18.2. The fraction of sp³-hybridized carbons (Fsp3) is 0.485. The number of phenols is 1. The second-order valence-corrected chi connectivity index (χ2v) is 13.1. The number of fused-ring (bicyclic) bond motifs is 4. The van der Waals surface area contributed by atoms with Crippen LogP contribution in [0.1, 0.15) is 38.2 Å². The van der Waals surface area contributed by atoms with Gasteiger partial charge in [0, 0.05) is 42.7 Å². The molecule has 3 heterocycles.